The Balaban J connectivity index is 1.69. The molecule has 1 aromatic carbocycles. The lowest BCUT2D eigenvalue weighted by atomic mass is 9.86. The van der Waals surface area contributed by atoms with Crippen LogP contribution in [0, 0.1) is 19.8 Å². The van der Waals surface area contributed by atoms with Crippen LogP contribution in [0.5, 0.6) is 0 Å². The lowest BCUT2D eigenvalue weighted by Crippen LogP contribution is -2.27. The minimum atomic E-state index is -1.06. The zero-order valence-electron chi connectivity index (χ0n) is 21.7. The van der Waals surface area contributed by atoms with E-state index in [0.717, 1.165) is 70.7 Å². The SMILES string of the molecule is Cc1noc(C)c1-c1cnc2c3ccc(C(C)(C)O)nc3n([C@@H](c3ccccc3)C3CCOCC3)c2c1. The van der Waals surface area contributed by atoms with Gasteiger partial charge in [0.1, 0.15) is 17.0 Å². The second-order valence-corrected chi connectivity index (χ2v) is 10.6. The Morgan fingerprint density at radius 3 is 2.49 bits per heavy atom. The Labute approximate surface area is 216 Å². The number of fused-ring (bicyclic) bond motifs is 3. The van der Waals surface area contributed by atoms with Gasteiger partial charge < -0.3 is 18.9 Å². The minimum Gasteiger partial charge on any atom is -0.384 e. The first-order valence-corrected chi connectivity index (χ1v) is 12.9. The molecule has 7 nitrogen and oxygen atoms in total. The van der Waals surface area contributed by atoms with Crippen molar-refractivity contribution in [3.05, 3.63) is 77.4 Å². The van der Waals surface area contributed by atoms with Gasteiger partial charge >= 0.3 is 0 Å². The van der Waals surface area contributed by atoms with Gasteiger partial charge in [-0.3, -0.25) is 4.98 Å². The summed E-state index contributed by atoms with van der Waals surface area (Å²) < 4.78 is 13.6. The lowest BCUT2D eigenvalue weighted by Gasteiger charge is -2.33. The molecule has 0 radical (unpaired) electrons. The molecule has 37 heavy (non-hydrogen) atoms. The van der Waals surface area contributed by atoms with Crippen molar-refractivity contribution in [1.29, 1.82) is 0 Å². The minimum absolute atomic E-state index is 0.0383. The van der Waals surface area contributed by atoms with E-state index in [1.54, 1.807) is 13.8 Å². The van der Waals surface area contributed by atoms with E-state index in [-0.39, 0.29) is 6.04 Å². The van der Waals surface area contributed by atoms with E-state index in [9.17, 15) is 5.11 Å². The Morgan fingerprint density at radius 2 is 1.81 bits per heavy atom. The highest BCUT2D eigenvalue weighted by Gasteiger charge is 2.31. The van der Waals surface area contributed by atoms with E-state index >= 15 is 0 Å². The van der Waals surface area contributed by atoms with Crippen LogP contribution in [0.1, 0.15) is 55.4 Å². The average Bonchev–Trinajstić information content (AvgIpc) is 3.40. The average molecular weight is 497 g/mol. The van der Waals surface area contributed by atoms with Gasteiger partial charge in [0.15, 0.2) is 0 Å². The fourth-order valence-corrected chi connectivity index (χ4v) is 5.74. The fraction of sp³-hybridized carbons (Fsp3) is 0.367. The van der Waals surface area contributed by atoms with Crippen molar-refractivity contribution in [1.82, 2.24) is 19.7 Å². The summed E-state index contributed by atoms with van der Waals surface area (Å²) in [7, 11) is 0. The molecule has 5 heterocycles. The van der Waals surface area contributed by atoms with Crippen molar-refractivity contribution in [2.24, 2.45) is 5.92 Å². The zero-order chi connectivity index (χ0) is 25.7. The number of pyridine rings is 2. The summed E-state index contributed by atoms with van der Waals surface area (Å²) in [6.07, 6.45) is 3.82. The normalized spacial score (nSPS) is 16.0. The third-order valence-corrected chi connectivity index (χ3v) is 7.57. The molecule has 5 aromatic rings. The van der Waals surface area contributed by atoms with Crippen molar-refractivity contribution < 1.29 is 14.4 Å². The molecule has 190 valence electrons. The number of hydrogen-bond acceptors (Lipinski definition) is 6. The van der Waals surface area contributed by atoms with Crippen LogP contribution in [-0.2, 0) is 10.3 Å². The molecule has 6 rings (SSSR count). The predicted molar refractivity (Wildman–Crippen MR) is 143 cm³/mol. The first-order valence-electron chi connectivity index (χ1n) is 12.9. The van der Waals surface area contributed by atoms with Crippen molar-refractivity contribution in [3.8, 4) is 11.1 Å². The smallest absolute Gasteiger partial charge is 0.143 e. The zero-order valence-corrected chi connectivity index (χ0v) is 21.7. The highest BCUT2D eigenvalue weighted by molar-refractivity contribution is 6.05. The molecule has 0 unspecified atom stereocenters. The maximum atomic E-state index is 10.8. The molecule has 0 saturated carbocycles. The van der Waals surface area contributed by atoms with Gasteiger partial charge in [-0.05, 0) is 70.2 Å². The van der Waals surface area contributed by atoms with Crippen molar-refractivity contribution in [2.75, 3.05) is 13.2 Å². The van der Waals surface area contributed by atoms with Crippen LogP contribution in [-0.4, -0.2) is 38.0 Å². The molecule has 4 aromatic heterocycles. The van der Waals surface area contributed by atoms with Gasteiger partial charge in [-0.1, -0.05) is 35.5 Å². The number of nitrogens with zero attached hydrogens (tertiary/aromatic N) is 4. The second kappa shape index (κ2) is 9.08. The third-order valence-electron chi connectivity index (χ3n) is 7.57. The molecule has 7 heteroatoms. The van der Waals surface area contributed by atoms with Gasteiger partial charge in [0.2, 0.25) is 0 Å². The number of benzene rings is 1. The summed E-state index contributed by atoms with van der Waals surface area (Å²) in [4.78, 5) is 10.0. The highest BCUT2D eigenvalue weighted by Crippen LogP contribution is 2.41. The Morgan fingerprint density at radius 1 is 1.05 bits per heavy atom. The molecule has 1 fully saturated rings. The monoisotopic (exact) mass is 496 g/mol. The standard InChI is InChI=1S/C30H32N4O3/c1-18-26(19(2)37-33-18)22-16-24-27(31-17-22)23-10-11-25(30(3,4)35)32-29(23)34(24)28(20-8-6-5-7-9-20)21-12-14-36-15-13-21/h5-11,16-17,21,28,35H,12-15H2,1-4H3/t28-/m0/s1. The molecule has 0 spiro atoms. The first kappa shape index (κ1) is 23.8. The van der Waals surface area contributed by atoms with Gasteiger partial charge in [-0.2, -0.15) is 0 Å². The van der Waals surface area contributed by atoms with Crippen LogP contribution in [0.3, 0.4) is 0 Å². The number of aryl methyl sites for hydroxylation is 2. The Kier molecular flexibility index (Phi) is 5.85. The van der Waals surface area contributed by atoms with E-state index in [1.807, 2.05) is 32.2 Å². The van der Waals surface area contributed by atoms with Crippen LogP contribution < -0.4 is 0 Å². The Bertz CT molecular complexity index is 1550. The number of aliphatic hydroxyl groups is 1. The molecule has 1 aliphatic heterocycles. The number of aromatic nitrogens is 4. The van der Waals surface area contributed by atoms with Crippen molar-refractivity contribution in [3.63, 3.8) is 0 Å². The van der Waals surface area contributed by atoms with Crippen LogP contribution >= 0.6 is 0 Å². The highest BCUT2D eigenvalue weighted by atomic mass is 16.5. The molecule has 0 aliphatic carbocycles. The fourth-order valence-electron chi connectivity index (χ4n) is 5.74. The van der Waals surface area contributed by atoms with Gasteiger partial charge in [0.25, 0.3) is 0 Å². The van der Waals surface area contributed by atoms with Gasteiger partial charge in [-0.15, -0.1) is 0 Å². The van der Waals surface area contributed by atoms with Crippen LogP contribution in [0.4, 0.5) is 0 Å². The molecule has 1 saturated heterocycles. The van der Waals surface area contributed by atoms with Crippen LogP contribution in [0.15, 0.2) is 59.3 Å². The molecule has 0 bridgehead atoms. The number of hydrogen-bond donors (Lipinski definition) is 1. The van der Waals surface area contributed by atoms with E-state index < -0.39 is 5.60 Å². The van der Waals surface area contributed by atoms with Gasteiger partial charge in [0.05, 0.1) is 28.5 Å². The molecular formula is C30H32N4O3. The predicted octanol–water partition coefficient (Wildman–Crippen LogP) is 6.10. The van der Waals surface area contributed by atoms with E-state index in [1.165, 1.54) is 5.56 Å². The van der Waals surface area contributed by atoms with Crippen LogP contribution in [0.2, 0.25) is 0 Å². The summed E-state index contributed by atoms with van der Waals surface area (Å²) in [5.41, 5.74) is 6.31. The van der Waals surface area contributed by atoms with Crippen molar-refractivity contribution >= 4 is 22.1 Å². The lowest BCUT2D eigenvalue weighted by molar-refractivity contribution is 0.0551. The largest absolute Gasteiger partial charge is 0.384 e. The summed E-state index contributed by atoms with van der Waals surface area (Å²) in [5, 5.41) is 16.0. The maximum Gasteiger partial charge on any atom is 0.143 e. The molecule has 0 amide bonds. The third kappa shape index (κ3) is 4.12. The summed E-state index contributed by atoms with van der Waals surface area (Å²) in [6, 6.07) is 16.8. The van der Waals surface area contributed by atoms with Crippen molar-refractivity contribution in [2.45, 2.75) is 52.2 Å². The quantitative estimate of drug-likeness (QED) is 0.316. The van der Waals surface area contributed by atoms with Gasteiger partial charge in [-0.25, -0.2) is 4.98 Å². The molecule has 1 aliphatic rings. The van der Waals surface area contributed by atoms with E-state index in [2.05, 4.69) is 46.1 Å². The van der Waals surface area contributed by atoms with E-state index in [4.69, 9.17) is 19.2 Å². The molecular weight excluding hydrogens is 464 g/mol. The molecule has 1 atom stereocenters. The maximum absolute atomic E-state index is 10.8. The summed E-state index contributed by atoms with van der Waals surface area (Å²) in [6.45, 7) is 8.93. The number of rotatable bonds is 5. The van der Waals surface area contributed by atoms with Gasteiger partial charge in [0, 0.05) is 35.9 Å². The van der Waals surface area contributed by atoms with Crippen LogP contribution in [0.25, 0.3) is 33.2 Å². The van der Waals surface area contributed by atoms with E-state index in [0.29, 0.717) is 11.6 Å². The number of ether oxygens (including phenoxy) is 1. The summed E-state index contributed by atoms with van der Waals surface area (Å²) in [5.74, 6) is 1.14. The Hall–Kier alpha value is -3.55. The molecule has 1 N–H and O–H groups in total. The summed E-state index contributed by atoms with van der Waals surface area (Å²) >= 11 is 0. The second-order valence-electron chi connectivity index (χ2n) is 10.6. The first-order chi connectivity index (χ1) is 17.8. The topological polar surface area (TPSA) is 86.2 Å².